The molecule has 0 aliphatic heterocycles. The zero-order valence-electron chi connectivity index (χ0n) is 8.43. The smallest absolute Gasteiger partial charge is 0.217 e. The van der Waals surface area contributed by atoms with Crippen LogP contribution in [0.5, 0.6) is 0 Å². The Morgan fingerprint density at radius 3 is 2.67 bits per heavy atom. The summed E-state index contributed by atoms with van der Waals surface area (Å²) in [6.07, 6.45) is 6.20. The summed E-state index contributed by atoms with van der Waals surface area (Å²) < 4.78 is 2.13. The molecule has 0 atom stereocenters. The van der Waals surface area contributed by atoms with Crippen LogP contribution in [0.4, 0.5) is 0 Å². The van der Waals surface area contributed by atoms with Crippen LogP contribution in [0.15, 0.2) is 48.0 Å². The summed E-state index contributed by atoms with van der Waals surface area (Å²) in [6, 6.07) is 12.6. The summed E-state index contributed by atoms with van der Waals surface area (Å²) >= 11 is 1.70. The van der Waals surface area contributed by atoms with E-state index in [1.54, 1.807) is 11.8 Å². The van der Waals surface area contributed by atoms with E-state index in [4.69, 9.17) is 0 Å². The van der Waals surface area contributed by atoms with Gasteiger partial charge in [-0.15, -0.1) is 11.8 Å². The second-order valence-corrected chi connectivity index (χ2v) is 3.74. The van der Waals surface area contributed by atoms with Crippen LogP contribution in [0.25, 0.3) is 17.1 Å². The fourth-order valence-electron chi connectivity index (χ4n) is 1.44. The molecule has 0 aliphatic carbocycles. The molecular weight excluding hydrogens is 317 g/mol. The van der Waals surface area contributed by atoms with Crippen molar-refractivity contribution in [3.63, 3.8) is 0 Å². The Hall–Kier alpha value is -0.550. The van der Waals surface area contributed by atoms with E-state index in [0.717, 1.165) is 0 Å². The number of hydrogen-bond acceptors (Lipinski definition) is 1. The Balaban J connectivity index is 0.00000112. The molecule has 0 unspecified atom stereocenters. The standard InChI is InChI=1S/C12H12NS.HI/c1-14-10-9-13-8-4-6-11-5-2-3-7-12(11)13;/h2-10H,1H3;1H/q+1;/p-1. The fourth-order valence-corrected chi connectivity index (χ4v) is 1.69. The molecule has 15 heavy (non-hydrogen) atoms. The average Bonchev–Trinajstić information content (AvgIpc) is 2.26. The van der Waals surface area contributed by atoms with Crippen LogP contribution >= 0.6 is 11.8 Å². The van der Waals surface area contributed by atoms with Crippen molar-refractivity contribution in [1.82, 2.24) is 0 Å². The van der Waals surface area contributed by atoms with Crippen molar-refractivity contribution in [3.8, 4) is 0 Å². The molecular formula is C12H12INS. The van der Waals surface area contributed by atoms with E-state index in [2.05, 4.69) is 65.0 Å². The highest BCUT2D eigenvalue weighted by Crippen LogP contribution is 2.08. The third-order valence-corrected chi connectivity index (χ3v) is 2.49. The predicted octanol–water partition coefficient (Wildman–Crippen LogP) is -0.0775. The highest BCUT2D eigenvalue weighted by Gasteiger charge is 2.02. The lowest BCUT2D eigenvalue weighted by Crippen LogP contribution is -3.00. The van der Waals surface area contributed by atoms with Gasteiger partial charge in [-0.05, 0) is 18.4 Å². The minimum absolute atomic E-state index is 0. The predicted molar refractivity (Wildman–Crippen MR) is 63.0 cm³/mol. The molecule has 1 nitrogen and oxygen atoms in total. The van der Waals surface area contributed by atoms with Crippen LogP contribution in [0.1, 0.15) is 0 Å². The number of fused-ring (bicyclic) bond motifs is 1. The number of para-hydroxylation sites is 1. The molecule has 3 heteroatoms. The highest BCUT2D eigenvalue weighted by atomic mass is 127. The third kappa shape index (κ3) is 2.95. The van der Waals surface area contributed by atoms with Crippen molar-refractivity contribution in [3.05, 3.63) is 48.0 Å². The molecule has 0 radical (unpaired) electrons. The summed E-state index contributed by atoms with van der Waals surface area (Å²) in [5, 5.41) is 3.34. The lowest BCUT2D eigenvalue weighted by Gasteiger charge is -1.94. The number of thioether (sulfide) groups is 1. The largest absolute Gasteiger partial charge is 1.00 e. The van der Waals surface area contributed by atoms with E-state index < -0.39 is 0 Å². The third-order valence-electron chi connectivity index (χ3n) is 2.09. The first-order valence-corrected chi connectivity index (χ1v) is 5.79. The summed E-state index contributed by atoms with van der Waals surface area (Å²) in [7, 11) is 0. The monoisotopic (exact) mass is 329 g/mol. The Labute approximate surface area is 111 Å². The minimum atomic E-state index is 0. The van der Waals surface area contributed by atoms with E-state index in [-0.39, 0.29) is 24.0 Å². The van der Waals surface area contributed by atoms with Crippen molar-refractivity contribution >= 4 is 28.9 Å². The second kappa shape index (κ2) is 6.12. The van der Waals surface area contributed by atoms with Gasteiger partial charge in [-0.25, -0.2) is 0 Å². The number of halogens is 1. The van der Waals surface area contributed by atoms with Crippen LogP contribution in [-0.2, 0) is 0 Å². The van der Waals surface area contributed by atoms with Gasteiger partial charge in [0, 0.05) is 22.9 Å². The van der Waals surface area contributed by atoms with Crippen molar-refractivity contribution in [2.24, 2.45) is 0 Å². The molecule has 2 rings (SSSR count). The molecule has 0 aliphatic rings. The summed E-state index contributed by atoms with van der Waals surface area (Å²) in [5.74, 6) is 0. The molecule has 0 saturated carbocycles. The minimum Gasteiger partial charge on any atom is -1.00 e. The van der Waals surface area contributed by atoms with Crippen LogP contribution in [0, 0.1) is 0 Å². The van der Waals surface area contributed by atoms with Gasteiger partial charge in [-0.2, -0.15) is 4.57 Å². The molecule has 78 valence electrons. The van der Waals surface area contributed by atoms with E-state index in [0.29, 0.717) is 0 Å². The quantitative estimate of drug-likeness (QED) is 0.551. The van der Waals surface area contributed by atoms with Gasteiger partial charge in [0.1, 0.15) is 0 Å². The van der Waals surface area contributed by atoms with Crippen molar-refractivity contribution in [1.29, 1.82) is 0 Å². The van der Waals surface area contributed by atoms with Crippen LogP contribution in [-0.4, -0.2) is 6.26 Å². The SMILES string of the molecule is CSC=C[n+]1cccc2ccccc21.[I-]. The molecule has 0 N–H and O–H groups in total. The number of hydrogen-bond donors (Lipinski definition) is 0. The maximum atomic E-state index is 2.13. The fraction of sp³-hybridized carbons (Fsp3) is 0.0833. The normalized spacial score (nSPS) is 10.5. The lowest BCUT2D eigenvalue weighted by molar-refractivity contribution is -0.538. The number of aromatic nitrogens is 1. The summed E-state index contributed by atoms with van der Waals surface area (Å²) in [5.41, 5.74) is 1.24. The van der Waals surface area contributed by atoms with Gasteiger partial charge >= 0.3 is 0 Å². The van der Waals surface area contributed by atoms with E-state index >= 15 is 0 Å². The molecule has 0 bridgehead atoms. The highest BCUT2D eigenvalue weighted by molar-refractivity contribution is 8.01. The maximum Gasteiger partial charge on any atom is 0.217 e. The zero-order valence-corrected chi connectivity index (χ0v) is 11.4. The number of pyridine rings is 1. The topological polar surface area (TPSA) is 3.88 Å². The van der Waals surface area contributed by atoms with E-state index in [1.165, 1.54) is 10.9 Å². The van der Waals surface area contributed by atoms with Gasteiger partial charge in [0.25, 0.3) is 0 Å². The molecule has 0 fully saturated rings. The van der Waals surface area contributed by atoms with Gasteiger partial charge in [0.05, 0.1) is 0 Å². The molecule has 0 spiro atoms. The van der Waals surface area contributed by atoms with Crippen molar-refractivity contribution < 1.29 is 28.5 Å². The first-order valence-electron chi connectivity index (χ1n) is 4.50. The summed E-state index contributed by atoms with van der Waals surface area (Å²) in [6.45, 7) is 0. The van der Waals surface area contributed by atoms with E-state index in [9.17, 15) is 0 Å². The first kappa shape index (κ1) is 12.5. The lowest BCUT2D eigenvalue weighted by atomic mass is 10.2. The Bertz CT molecular complexity index is 463. The van der Waals surface area contributed by atoms with Gasteiger partial charge in [-0.1, -0.05) is 12.1 Å². The van der Waals surface area contributed by atoms with Crippen LogP contribution in [0.2, 0.25) is 0 Å². The molecule has 1 aromatic carbocycles. The molecule has 1 aromatic heterocycles. The molecule has 0 saturated heterocycles. The maximum absolute atomic E-state index is 2.13. The van der Waals surface area contributed by atoms with E-state index in [1.807, 2.05) is 0 Å². The average molecular weight is 329 g/mol. The molecule has 2 aromatic rings. The van der Waals surface area contributed by atoms with Crippen LogP contribution < -0.4 is 28.5 Å². The van der Waals surface area contributed by atoms with Crippen molar-refractivity contribution in [2.75, 3.05) is 6.26 Å². The van der Waals surface area contributed by atoms with Crippen molar-refractivity contribution in [2.45, 2.75) is 0 Å². The van der Waals surface area contributed by atoms with Crippen LogP contribution in [0.3, 0.4) is 0 Å². The Morgan fingerprint density at radius 1 is 1.13 bits per heavy atom. The summed E-state index contributed by atoms with van der Waals surface area (Å²) in [4.78, 5) is 0. The Morgan fingerprint density at radius 2 is 1.87 bits per heavy atom. The molecule has 0 amide bonds. The first-order chi connectivity index (χ1) is 6.92. The van der Waals surface area contributed by atoms with Gasteiger partial charge < -0.3 is 24.0 Å². The van der Waals surface area contributed by atoms with Gasteiger partial charge in [0.15, 0.2) is 12.4 Å². The second-order valence-electron chi connectivity index (χ2n) is 3.00. The number of rotatable bonds is 2. The van der Waals surface area contributed by atoms with Gasteiger partial charge in [-0.3, -0.25) is 0 Å². The zero-order chi connectivity index (χ0) is 9.80. The van der Waals surface area contributed by atoms with Gasteiger partial charge in [0.2, 0.25) is 5.52 Å². The number of benzene rings is 1. The molecule has 1 heterocycles. The number of nitrogens with zero attached hydrogens (tertiary/aromatic N) is 1. The Kier molecular flexibility index (Phi) is 5.11.